The quantitative estimate of drug-likeness (QED) is 0.205. The molecule has 6 heteroatoms. The molecule has 0 radical (unpaired) electrons. The monoisotopic (exact) mass is 188 g/mol. The predicted molar refractivity (Wildman–Crippen MR) is 47.4 cm³/mol. The molecule has 0 spiro atoms. The Hall–Kier alpha value is -0.640. The van der Waals surface area contributed by atoms with Crippen molar-refractivity contribution in [1.29, 1.82) is 15.8 Å². The van der Waals surface area contributed by atoms with Crippen LogP contribution in [0.25, 0.3) is 0 Å². The van der Waals surface area contributed by atoms with Gasteiger partial charge in [-0.05, 0) is 11.9 Å². The van der Waals surface area contributed by atoms with E-state index in [4.69, 9.17) is 15.8 Å². The van der Waals surface area contributed by atoms with E-state index in [1.165, 1.54) is 6.20 Å². The second-order valence-electron chi connectivity index (χ2n) is 1.37. The summed E-state index contributed by atoms with van der Waals surface area (Å²) in [5, 5.41) is 24.9. The van der Waals surface area contributed by atoms with E-state index < -0.39 is 0 Å². The van der Waals surface area contributed by atoms with Gasteiger partial charge in [0.05, 0.1) is 6.20 Å². The average molecular weight is 188 g/mol. The van der Waals surface area contributed by atoms with Gasteiger partial charge < -0.3 is 0 Å². The van der Waals surface area contributed by atoms with Crippen molar-refractivity contribution >= 4 is 41.5 Å². The fraction of sp³-hybridized carbons (Fsp3) is 0.167. The zero-order chi connectivity index (χ0) is 8.69. The minimum atomic E-state index is -0.0825. The van der Waals surface area contributed by atoms with Gasteiger partial charge in [-0.15, -0.1) is 0 Å². The van der Waals surface area contributed by atoms with Crippen LogP contribution >= 0.6 is 11.9 Å². The van der Waals surface area contributed by atoms with Crippen molar-refractivity contribution in [1.82, 2.24) is 4.31 Å². The zero-order valence-corrected chi connectivity index (χ0v) is 6.59. The molecular weight excluding hydrogens is 183 g/mol. The summed E-state index contributed by atoms with van der Waals surface area (Å²) in [6.07, 6.45) is 4.63. The second-order valence-corrected chi connectivity index (χ2v) is 2.13. The molecule has 0 amide bonds. The minimum absolute atomic E-state index is 0. The number of nitriles is 3. The van der Waals surface area contributed by atoms with Crippen LogP contribution in [0.2, 0.25) is 0 Å². The van der Waals surface area contributed by atoms with E-state index in [2.05, 4.69) is 0 Å². The van der Waals surface area contributed by atoms with E-state index in [1.54, 1.807) is 24.6 Å². The van der Waals surface area contributed by atoms with Crippen molar-refractivity contribution in [3.8, 4) is 18.3 Å². The van der Waals surface area contributed by atoms with Crippen LogP contribution in [-0.4, -0.2) is 40.1 Å². The molecule has 4 nitrogen and oxygen atoms in total. The molecule has 0 aliphatic carbocycles. The summed E-state index contributed by atoms with van der Waals surface area (Å²) < 4.78 is 1.13. The second kappa shape index (κ2) is 8.46. The molecule has 0 fully saturated rings. The molecule has 0 aliphatic rings. The number of allylic oxidation sites excluding steroid dienone is 1. The number of hydrogen-bond acceptors (Lipinski definition) is 5. The van der Waals surface area contributed by atoms with Crippen molar-refractivity contribution in [2.45, 2.75) is 0 Å². The Bertz CT molecular complexity index is 263. The van der Waals surface area contributed by atoms with Crippen LogP contribution in [-0.2, 0) is 0 Å². The topological polar surface area (TPSA) is 74.6 Å². The zero-order valence-electron chi connectivity index (χ0n) is 5.77. The van der Waals surface area contributed by atoms with Gasteiger partial charge in [0.1, 0.15) is 17.7 Å². The van der Waals surface area contributed by atoms with Crippen molar-refractivity contribution in [2.75, 3.05) is 6.26 Å². The molecule has 0 aliphatic heterocycles. The van der Waals surface area contributed by atoms with Crippen molar-refractivity contribution in [3.63, 3.8) is 0 Å². The first kappa shape index (κ1) is 13.9. The SMILES string of the molecule is CSN(C#N)C=C(C#N)C#N.[NaH]. The van der Waals surface area contributed by atoms with Gasteiger partial charge in [-0.3, -0.25) is 0 Å². The van der Waals surface area contributed by atoms with Gasteiger partial charge in [-0.1, -0.05) is 0 Å². The van der Waals surface area contributed by atoms with Crippen LogP contribution in [0.3, 0.4) is 0 Å². The Labute approximate surface area is 97.5 Å². The molecule has 0 atom stereocenters. The molecule has 0 rings (SSSR count). The van der Waals surface area contributed by atoms with Gasteiger partial charge in [0.25, 0.3) is 0 Å². The summed E-state index contributed by atoms with van der Waals surface area (Å²) in [6.45, 7) is 0. The Balaban J connectivity index is 0. The van der Waals surface area contributed by atoms with Crippen molar-refractivity contribution < 1.29 is 0 Å². The van der Waals surface area contributed by atoms with Gasteiger partial charge in [0.15, 0.2) is 6.19 Å². The Morgan fingerprint density at radius 2 is 1.83 bits per heavy atom. The molecule has 0 unspecified atom stereocenters. The first-order valence-corrected chi connectivity index (χ1v) is 3.71. The summed E-state index contributed by atoms with van der Waals surface area (Å²) >= 11 is 1.12. The first-order chi connectivity index (χ1) is 5.28. The van der Waals surface area contributed by atoms with Gasteiger partial charge in [-0.2, -0.15) is 15.8 Å². The Kier molecular flexibility index (Phi) is 9.81. The number of rotatable bonds is 2. The summed E-state index contributed by atoms with van der Waals surface area (Å²) in [4.78, 5) is 0. The molecule has 0 saturated carbocycles. The van der Waals surface area contributed by atoms with Crippen molar-refractivity contribution in [3.05, 3.63) is 11.8 Å². The van der Waals surface area contributed by atoms with E-state index in [9.17, 15) is 0 Å². The third kappa shape index (κ3) is 5.07. The molecule has 0 bridgehead atoms. The van der Waals surface area contributed by atoms with Crippen LogP contribution in [0.5, 0.6) is 0 Å². The Morgan fingerprint density at radius 3 is 2.08 bits per heavy atom. The standard InChI is InChI=1S/C6H4N4S.Na.H/c1-11-10(5-9)4-6(2-7)3-8;;/h4H,1H3;;. The van der Waals surface area contributed by atoms with Crippen LogP contribution in [0, 0.1) is 34.1 Å². The van der Waals surface area contributed by atoms with Crippen LogP contribution in [0.4, 0.5) is 0 Å². The van der Waals surface area contributed by atoms with Gasteiger partial charge >= 0.3 is 29.6 Å². The van der Waals surface area contributed by atoms with Gasteiger partial charge in [0, 0.05) is 6.26 Å². The van der Waals surface area contributed by atoms with Crippen LogP contribution in [0.15, 0.2) is 11.8 Å². The predicted octanol–water partition coefficient (Wildman–Crippen LogP) is 0.330. The summed E-state index contributed by atoms with van der Waals surface area (Å²) in [7, 11) is 0. The molecule has 12 heavy (non-hydrogen) atoms. The van der Waals surface area contributed by atoms with E-state index in [1.807, 2.05) is 0 Å². The molecule has 56 valence electrons. The van der Waals surface area contributed by atoms with Crippen LogP contribution < -0.4 is 0 Å². The van der Waals surface area contributed by atoms with Crippen LogP contribution in [0.1, 0.15) is 0 Å². The maximum atomic E-state index is 8.36. The molecule has 0 aromatic heterocycles. The van der Waals surface area contributed by atoms with E-state index in [0.717, 1.165) is 16.3 Å². The number of nitrogens with zero attached hydrogens (tertiary/aromatic N) is 4. The average Bonchev–Trinajstić information content (AvgIpc) is 2.07. The molecule has 0 N–H and O–H groups in total. The van der Waals surface area contributed by atoms with E-state index in [-0.39, 0.29) is 35.1 Å². The molecular formula is C6H5N4NaS. The van der Waals surface area contributed by atoms with Crippen molar-refractivity contribution in [2.24, 2.45) is 0 Å². The normalized spacial score (nSPS) is 6.17. The molecule has 0 heterocycles. The third-order valence-electron chi connectivity index (χ3n) is 0.783. The fourth-order valence-electron chi connectivity index (χ4n) is 0.322. The van der Waals surface area contributed by atoms with E-state index in [0.29, 0.717) is 0 Å². The fourth-order valence-corrected chi connectivity index (χ4v) is 0.615. The number of hydrogen-bond donors (Lipinski definition) is 0. The maximum absolute atomic E-state index is 8.36. The van der Waals surface area contributed by atoms with E-state index >= 15 is 0 Å². The molecule has 0 saturated heterocycles. The summed E-state index contributed by atoms with van der Waals surface area (Å²) in [5.74, 6) is 0. The van der Waals surface area contributed by atoms with Gasteiger partial charge in [0.2, 0.25) is 0 Å². The Morgan fingerprint density at radius 1 is 1.33 bits per heavy atom. The summed E-state index contributed by atoms with van der Waals surface area (Å²) in [5.41, 5.74) is -0.0825. The molecule has 0 aromatic rings. The van der Waals surface area contributed by atoms with Gasteiger partial charge in [-0.25, -0.2) is 4.31 Å². The summed E-state index contributed by atoms with van der Waals surface area (Å²) in [6, 6.07) is 3.29. The third-order valence-corrected chi connectivity index (χ3v) is 1.36. The molecule has 0 aromatic carbocycles. The first-order valence-electron chi connectivity index (χ1n) is 2.53.